The molecule has 0 radical (unpaired) electrons. The molecule has 0 bridgehead atoms. The van der Waals surface area contributed by atoms with Crippen molar-refractivity contribution in [2.75, 3.05) is 0 Å². The maximum absolute atomic E-state index is 10.6. The van der Waals surface area contributed by atoms with Crippen LogP contribution in [0.5, 0.6) is 0 Å². The van der Waals surface area contributed by atoms with E-state index in [2.05, 4.69) is 0 Å². The lowest BCUT2D eigenvalue weighted by Crippen LogP contribution is -2.14. The number of aliphatic carboxylic acids is 2. The van der Waals surface area contributed by atoms with E-state index in [0.29, 0.717) is 19.3 Å². The van der Waals surface area contributed by atoms with Gasteiger partial charge in [-0.3, -0.25) is 9.59 Å². The van der Waals surface area contributed by atoms with Crippen molar-refractivity contribution in [3.8, 4) is 0 Å². The number of hydrogen-bond acceptors (Lipinski definition) is 4. The minimum Gasteiger partial charge on any atom is -0.480 e. The van der Waals surface area contributed by atoms with Gasteiger partial charge in [-0.15, -0.1) is 0 Å². The molecule has 6 heteroatoms. The Labute approximate surface area is 83.5 Å². The van der Waals surface area contributed by atoms with E-state index in [-0.39, 0.29) is 0 Å². The van der Waals surface area contributed by atoms with E-state index in [1.165, 1.54) is 0 Å². The van der Waals surface area contributed by atoms with Gasteiger partial charge in [0, 0.05) is 0 Å². The quantitative estimate of drug-likeness (QED) is 0.689. The van der Waals surface area contributed by atoms with Gasteiger partial charge in [0.15, 0.2) is 0 Å². The Bertz CT molecular complexity index is 197. The Morgan fingerprint density at radius 3 is 1.69 bits per heavy atom. The third-order valence-electron chi connectivity index (χ3n) is 1.77. The van der Waals surface area contributed by atoms with Crippen LogP contribution in [0.3, 0.4) is 0 Å². The van der Waals surface area contributed by atoms with Gasteiger partial charge in [0.05, 0.1) is 0 Å². The van der Waals surface area contributed by atoms with Crippen LogP contribution in [0, 0.1) is 0 Å². The largest absolute Gasteiger partial charge is 0.480 e. The Hall–Kier alpha value is -0.360. The van der Waals surface area contributed by atoms with E-state index in [4.69, 9.17) is 10.2 Å². The predicted octanol–water partition coefficient (Wildman–Crippen LogP) is 1.46. The second-order valence-corrected chi connectivity index (χ2v) is 5.45. The van der Waals surface area contributed by atoms with Crippen molar-refractivity contribution >= 4 is 33.5 Å². The Morgan fingerprint density at radius 2 is 1.38 bits per heavy atom. The molecule has 13 heavy (non-hydrogen) atoms. The van der Waals surface area contributed by atoms with Gasteiger partial charge >= 0.3 is 11.9 Å². The zero-order valence-corrected chi connectivity index (χ0v) is 8.44. The molecule has 1 rings (SSSR count). The van der Waals surface area contributed by atoms with E-state index < -0.39 is 22.4 Å². The predicted molar refractivity (Wildman–Crippen MR) is 51.9 cm³/mol. The molecule has 4 nitrogen and oxygen atoms in total. The zero-order valence-electron chi connectivity index (χ0n) is 6.80. The van der Waals surface area contributed by atoms with Gasteiger partial charge < -0.3 is 10.2 Å². The number of carboxylic acids is 2. The summed E-state index contributed by atoms with van der Waals surface area (Å²) in [5.41, 5.74) is 0. The second-order valence-electron chi connectivity index (χ2n) is 2.78. The van der Waals surface area contributed by atoms with Crippen LogP contribution in [0.25, 0.3) is 0 Å². The summed E-state index contributed by atoms with van der Waals surface area (Å²) in [5, 5.41) is 16.5. The topological polar surface area (TPSA) is 74.6 Å². The molecule has 2 atom stereocenters. The smallest absolute Gasteiger partial charge is 0.317 e. The van der Waals surface area contributed by atoms with Crippen molar-refractivity contribution < 1.29 is 19.8 Å². The van der Waals surface area contributed by atoms with E-state index in [9.17, 15) is 9.59 Å². The number of hydrogen-bond donors (Lipinski definition) is 2. The molecule has 0 amide bonds. The Kier molecular flexibility index (Phi) is 3.92. The lowest BCUT2D eigenvalue weighted by molar-refractivity contribution is -0.137. The normalized spacial score (nSPS) is 29.2. The van der Waals surface area contributed by atoms with Crippen molar-refractivity contribution in [1.82, 2.24) is 0 Å². The maximum atomic E-state index is 10.6. The van der Waals surface area contributed by atoms with Crippen LogP contribution in [0.15, 0.2) is 0 Å². The molecule has 2 unspecified atom stereocenters. The fourth-order valence-electron chi connectivity index (χ4n) is 1.05. The first-order valence-corrected chi connectivity index (χ1v) is 6.16. The molecule has 1 aliphatic heterocycles. The molecule has 0 aliphatic carbocycles. The number of carbonyl (C=O) groups is 2. The zero-order chi connectivity index (χ0) is 9.84. The van der Waals surface area contributed by atoms with Gasteiger partial charge in [-0.05, 0) is 19.3 Å². The summed E-state index contributed by atoms with van der Waals surface area (Å²) >= 11 is 0. The highest BCUT2D eigenvalue weighted by atomic mass is 33.1. The average Bonchev–Trinajstić information content (AvgIpc) is 2.27. The van der Waals surface area contributed by atoms with Gasteiger partial charge in [0.1, 0.15) is 10.5 Å². The number of carboxylic acid groups (broad SMARTS) is 2. The molecule has 0 aromatic carbocycles. The van der Waals surface area contributed by atoms with Crippen LogP contribution >= 0.6 is 21.6 Å². The summed E-state index contributed by atoms with van der Waals surface area (Å²) in [5.74, 6) is -1.69. The summed E-state index contributed by atoms with van der Waals surface area (Å²) in [7, 11) is 2.33. The maximum Gasteiger partial charge on any atom is 0.317 e. The molecule has 1 fully saturated rings. The van der Waals surface area contributed by atoms with Crippen molar-refractivity contribution in [1.29, 1.82) is 0 Å². The highest BCUT2D eigenvalue weighted by Gasteiger charge is 2.28. The first-order chi connectivity index (χ1) is 6.11. The third-order valence-corrected chi connectivity index (χ3v) is 4.95. The van der Waals surface area contributed by atoms with Crippen molar-refractivity contribution in [2.45, 2.75) is 29.8 Å². The molecule has 2 N–H and O–H groups in total. The molecule has 0 aromatic rings. The van der Waals surface area contributed by atoms with Crippen LogP contribution in [-0.2, 0) is 9.59 Å². The second kappa shape index (κ2) is 4.76. The molecule has 1 aliphatic rings. The summed E-state index contributed by atoms with van der Waals surface area (Å²) in [6.07, 6.45) is 1.81. The fourth-order valence-corrected chi connectivity index (χ4v) is 3.88. The molecular weight excluding hydrogens is 212 g/mol. The first kappa shape index (κ1) is 10.7. The Morgan fingerprint density at radius 1 is 1.00 bits per heavy atom. The average molecular weight is 222 g/mol. The summed E-state index contributed by atoms with van der Waals surface area (Å²) in [6, 6.07) is 0. The van der Waals surface area contributed by atoms with E-state index in [1.807, 2.05) is 0 Å². The summed E-state index contributed by atoms with van der Waals surface area (Å²) in [4.78, 5) is 21.2. The standard InChI is InChI=1S/C7H10O4S2/c8-6(9)4-2-1-3-5(7(10)11)13-12-4/h4-5H,1-3H2,(H,8,9)(H,10,11). The number of rotatable bonds is 2. The minimum absolute atomic E-state index is 0.450. The van der Waals surface area contributed by atoms with Crippen LogP contribution in [0.4, 0.5) is 0 Å². The van der Waals surface area contributed by atoms with Crippen LogP contribution in [0.1, 0.15) is 19.3 Å². The highest BCUT2D eigenvalue weighted by molar-refractivity contribution is 8.77. The van der Waals surface area contributed by atoms with Gasteiger partial charge in [-0.1, -0.05) is 21.6 Å². The minimum atomic E-state index is -0.844. The molecule has 1 saturated heterocycles. The lowest BCUT2D eigenvalue weighted by atomic mass is 10.1. The monoisotopic (exact) mass is 222 g/mol. The summed E-state index contributed by atoms with van der Waals surface area (Å²) in [6.45, 7) is 0. The molecule has 0 spiro atoms. The van der Waals surface area contributed by atoms with Crippen molar-refractivity contribution in [3.05, 3.63) is 0 Å². The van der Waals surface area contributed by atoms with Crippen LogP contribution < -0.4 is 0 Å². The molecule has 0 saturated carbocycles. The third kappa shape index (κ3) is 3.11. The molecular formula is C7H10O4S2. The lowest BCUT2D eigenvalue weighted by Gasteiger charge is -2.07. The van der Waals surface area contributed by atoms with E-state index >= 15 is 0 Å². The van der Waals surface area contributed by atoms with Crippen molar-refractivity contribution in [3.63, 3.8) is 0 Å². The van der Waals surface area contributed by atoms with Crippen LogP contribution in [-0.4, -0.2) is 32.7 Å². The molecule has 1 heterocycles. The fraction of sp³-hybridized carbons (Fsp3) is 0.714. The highest BCUT2D eigenvalue weighted by Crippen LogP contribution is 2.39. The van der Waals surface area contributed by atoms with Crippen LogP contribution in [0.2, 0.25) is 0 Å². The molecule has 74 valence electrons. The van der Waals surface area contributed by atoms with Gasteiger partial charge in [0.2, 0.25) is 0 Å². The SMILES string of the molecule is O=C(O)C1CCCC(C(=O)O)SS1. The van der Waals surface area contributed by atoms with E-state index in [1.54, 1.807) is 0 Å². The van der Waals surface area contributed by atoms with Gasteiger partial charge in [0.25, 0.3) is 0 Å². The Balaban J connectivity index is 2.48. The van der Waals surface area contributed by atoms with Gasteiger partial charge in [-0.25, -0.2) is 0 Å². The van der Waals surface area contributed by atoms with Crippen molar-refractivity contribution in [2.24, 2.45) is 0 Å². The summed E-state index contributed by atoms with van der Waals surface area (Å²) < 4.78 is 0. The van der Waals surface area contributed by atoms with Gasteiger partial charge in [-0.2, -0.15) is 0 Å². The first-order valence-electron chi connectivity index (χ1n) is 3.89. The molecule has 0 aromatic heterocycles. The van der Waals surface area contributed by atoms with E-state index in [0.717, 1.165) is 21.6 Å².